The standard InChI is InChI=1S/C50H48FNO6/c51-42-25-27-43(28-26-42)52-44(30-47(52)53)41-23-21-36(22-24-41)29-45-48(55-32-38-15-7-2-8-16-38)50(57-34-40-19-11-4-12-20-40)49(56-33-39-17-9-3-10-18-39)46(58-45)35-54-31-37-13-5-1-6-14-37/h1-28,44-46,48-50H,29-35H2/t44-,45-,46+,48-,49+,50+/m0/s1. The second-order valence-corrected chi connectivity index (χ2v) is 14.9. The number of ether oxygens (including phenoxy) is 5. The molecule has 6 aromatic rings. The number of anilines is 1. The molecule has 7 nitrogen and oxygen atoms in total. The first-order valence-corrected chi connectivity index (χ1v) is 20.0. The average molecular weight is 778 g/mol. The molecule has 58 heavy (non-hydrogen) atoms. The number of halogens is 1. The molecule has 2 fully saturated rings. The van der Waals surface area contributed by atoms with E-state index in [1.54, 1.807) is 17.0 Å². The Morgan fingerprint density at radius 3 is 1.48 bits per heavy atom. The molecule has 2 heterocycles. The van der Waals surface area contributed by atoms with Crippen LogP contribution in [0.1, 0.15) is 45.8 Å². The Bertz CT molecular complexity index is 2160. The number of nitrogens with zero attached hydrogens (tertiary/aromatic N) is 1. The molecule has 6 atom stereocenters. The van der Waals surface area contributed by atoms with Crippen LogP contribution in [0.15, 0.2) is 170 Å². The Balaban J connectivity index is 1.09. The maximum Gasteiger partial charge on any atom is 0.230 e. The van der Waals surface area contributed by atoms with Crippen LogP contribution < -0.4 is 4.90 Å². The van der Waals surface area contributed by atoms with Crippen LogP contribution in [0.4, 0.5) is 10.1 Å². The number of carbonyl (C=O) groups excluding carboxylic acids is 1. The number of β-lactam (4-membered cyclic amide) rings is 1. The van der Waals surface area contributed by atoms with Crippen molar-refractivity contribution < 1.29 is 32.9 Å². The number of carbonyl (C=O) groups is 1. The molecule has 8 rings (SSSR count). The highest BCUT2D eigenvalue weighted by atomic mass is 19.1. The number of rotatable bonds is 17. The fraction of sp³-hybridized carbons (Fsp3) is 0.260. The first-order valence-electron chi connectivity index (χ1n) is 20.0. The van der Waals surface area contributed by atoms with Crippen LogP contribution in [-0.2, 0) is 61.3 Å². The lowest BCUT2D eigenvalue weighted by molar-refractivity contribution is -0.272. The SMILES string of the molecule is O=C1C[C@@H](c2ccc(C[C@@H]3O[C@H](COCc4ccccc4)[C@@H](OCc4ccccc4)[C@H](OCc4ccccc4)[C@H]3OCc3ccccc3)cc2)N1c1ccc(F)cc1. The van der Waals surface area contributed by atoms with E-state index in [4.69, 9.17) is 23.7 Å². The van der Waals surface area contributed by atoms with Crippen molar-refractivity contribution in [3.8, 4) is 0 Å². The third kappa shape index (κ3) is 9.96. The molecule has 6 aromatic carbocycles. The molecule has 2 aliphatic rings. The van der Waals surface area contributed by atoms with E-state index in [1.165, 1.54) is 12.1 Å². The summed E-state index contributed by atoms with van der Waals surface area (Å²) in [5.74, 6) is -0.318. The molecule has 2 saturated heterocycles. The number of amides is 1. The highest BCUT2D eigenvalue weighted by Gasteiger charge is 2.48. The van der Waals surface area contributed by atoms with Crippen molar-refractivity contribution in [1.29, 1.82) is 0 Å². The molecule has 0 saturated carbocycles. The van der Waals surface area contributed by atoms with Gasteiger partial charge < -0.3 is 28.6 Å². The van der Waals surface area contributed by atoms with Gasteiger partial charge in [0.25, 0.3) is 0 Å². The maximum atomic E-state index is 13.7. The summed E-state index contributed by atoms with van der Waals surface area (Å²) < 4.78 is 47.8. The normalized spacial score (nSPS) is 21.7. The lowest BCUT2D eigenvalue weighted by atomic mass is 9.89. The van der Waals surface area contributed by atoms with Gasteiger partial charge in [-0.05, 0) is 57.6 Å². The molecule has 0 aliphatic carbocycles. The minimum absolute atomic E-state index is 0.0146. The van der Waals surface area contributed by atoms with E-state index in [-0.39, 0.29) is 24.4 Å². The van der Waals surface area contributed by atoms with Crippen molar-refractivity contribution in [3.05, 3.63) is 209 Å². The van der Waals surface area contributed by atoms with Gasteiger partial charge in [-0.3, -0.25) is 4.79 Å². The number of hydrogen-bond acceptors (Lipinski definition) is 6. The van der Waals surface area contributed by atoms with Crippen molar-refractivity contribution >= 4 is 11.6 Å². The van der Waals surface area contributed by atoms with Gasteiger partial charge in [0, 0.05) is 12.1 Å². The fourth-order valence-corrected chi connectivity index (χ4v) is 7.77. The van der Waals surface area contributed by atoms with E-state index in [0.717, 1.165) is 33.4 Å². The van der Waals surface area contributed by atoms with E-state index < -0.39 is 30.5 Å². The molecule has 0 bridgehead atoms. The van der Waals surface area contributed by atoms with Gasteiger partial charge in [-0.15, -0.1) is 0 Å². The molecule has 0 spiro atoms. The van der Waals surface area contributed by atoms with Crippen LogP contribution in [0, 0.1) is 5.82 Å². The first kappa shape index (κ1) is 39.4. The molecule has 0 N–H and O–H groups in total. The zero-order valence-electron chi connectivity index (χ0n) is 32.4. The zero-order valence-corrected chi connectivity index (χ0v) is 32.4. The van der Waals surface area contributed by atoms with Crippen molar-refractivity contribution in [1.82, 2.24) is 0 Å². The molecule has 0 radical (unpaired) electrons. The monoisotopic (exact) mass is 777 g/mol. The fourth-order valence-electron chi connectivity index (χ4n) is 7.77. The van der Waals surface area contributed by atoms with Gasteiger partial charge in [-0.1, -0.05) is 146 Å². The second-order valence-electron chi connectivity index (χ2n) is 14.9. The largest absolute Gasteiger partial charge is 0.374 e. The van der Waals surface area contributed by atoms with Crippen molar-refractivity contribution in [3.63, 3.8) is 0 Å². The first-order chi connectivity index (χ1) is 28.6. The predicted octanol–water partition coefficient (Wildman–Crippen LogP) is 9.59. The summed E-state index contributed by atoms with van der Waals surface area (Å²) in [4.78, 5) is 14.4. The van der Waals surface area contributed by atoms with E-state index in [2.05, 4.69) is 72.8 Å². The summed E-state index contributed by atoms with van der Waals surface area (Å²) in [6.45, 7) is 1.82. The third-order valence-electron chi connectivity index (χ3n) is 10.8. The second kappa shape index (κ2) is 19.3. The van der Waals surface area contributed by atoms with Gasteiger partial charge in [-0.25, -0.2) is 4.39 Å². The molecular formula is C50H48FNO6. The van der Waals surface area contributed by atoms with Gasteiger partial charge in [0.05, 0.1) is 51.6 Å². The van der Waals surface area contributed by atoms with Gasteiger partial charge in [-0.2, -0.15) is 0 Å². The molecule has 1 amide bonds. The number of hydrogen-bond donors (Lipinski definition) is 0. The Kier molecular flexibility index (Phi) is 13.1. The Morgan fingerprint density at radius 1 is 0.517 bits per heavy atom. The molecule has 0 unspecified atom stereocenters. The van der Waals surface area contributed by atoms with E-state index >= 15 is 0 Å². The van der Waals surface area contributed by atoms with E-state index in [0.29, 0.717) is 45.0 Å². The smallest absolute Gasteiger partial charge is 0.230 e. The van der Waals surface area contributed by atoms with Gasteiger partial charge in [0.1, 0.15) is 30.2 Å². The summed E-state index contributed by atoms with van der Waals surface area (Å²) in [7, 11) is 0. The molecule has 2 aliphatic heterocycles. The van der Waals surface area contributed by atoms with E-state index in [9.17, 15) is 9.18 Å². The van der Waals surface area contributed by atoms with Crippen molar-refractivity contribution in [2.75, 3.05) is 11.5 Å². The third-order valence-corrected chi connectivity index (χ3v) is 10.8. The summed E-state index contributed by atoms with van der Waals surface area (Å²) in [5, 5.41) is 0. The Labute approximate surface area is 339 Å². The van der Waals surface area contributed by atoms with Crippen LogP contribution in [0.25, 0.3) is 0 Å². The van der Waals surface area contributed by atoms with Gasteiger partial charge in [0.2, 0.25) is 5.91 Å². The molecule has 296 valence electrons. The maximum absolute atomic E-state index is 13.7. The molecular weight excluding hydrogens is 730 g/mol. The highest BCUT2D eigenvalue weighted by Crippen LogP contribution is 2.39. The predicted molar refractivity (Wildman–Crippen MR) is 221 cm³/mol. The van der Waals surface area contributed by atoms with Gasteiger partial charge in [0.15, 0.2) is 0 Å². The van der Waals surface area contributed by atoms with E-state index in [1.807, 2.05) is 72.8 Å². The number of benzene rings is 6. The molecule has 8 heteroatoms. The zero-order chi connectivity index (χ0) is 39.5. The van der Waals surface area contributed by atoms with Gasteiger partial charge >= 0.3 is 0 Å². The minimum Gasteiger partial charge on any atom is -0.374 e. The minimum atomic E-state index is -0.521. The quantitative estimate of drug-likeness (QED) is 0.0861. The average Bonchev–Trinajstić information content (AvgIpc) is 3.26. The topological polar surface area (TPSA) is 66.5 Å². The Morgan fingerprint density at radius 2 is 0.983 bits per heavy atom. The van der Waals surface area contributed by atoms with Crippen molar-refractivity contribution in [2.45, 2.75) is 75.8 Å². The van der Waals surface area contributed by atoms with Crippen LogP contribution in [-0.4, -0.2) is 43.0 Å². The summed E-state index contributed by atoms with van der Waals surface area (Å²) in [6.07, 6.45) is -1.50. The van der Waals surface area contributed by atoms with Crippen LogP contribution >= 0.6 is 0 Å². The van der Waals surface area contributed by atoms with Crippen molar-refractivity contribution in [2.24, 2.45) is 0 Å². The van der Waals surface area contributed by atoms with Crippen LogP contribution in [0.2, 0.25) is 0 Å². The lowest BCUT2D eigenvalue weighted by Crippen LogP contribution is -2.61. The lowest BCUT2D eigenvalue weighted by Gasteiger charge is -2.46. The molecule has 0 aromatic heterocycles. The highest BCUT2D eigenvalue weighted by molar-refractivity contribution is 6.01. The van der Waals surface area contributed by atoms with Crippen LogP contribution in [0.3, 0.4) is 0 Å². The van der Waals surface area contributed by atoms with Crippen LogP contribution in [0.5, 0.6) is 0 Å². The summed E-state index contributed by atoms with van der Waals surface area (Å²) >= 11 is 0. The summed E-state index contributed by atoms with van der Waals surface area (Å²) in [6, 6.07) is 54.8. The Hall–Kier alpha value is -5.48. The summed E-state index contributed by atoms with van der Waals surface area (Å²) in [5.41, 5.74) is 6.96.